The lowest BCUT2D eigenvalue weighted by Gasteiger charge is -2.27. The van der Waals surface area contributed by atoms with Crippen molar-refractivity contribution < 1.29 is 0 Å². The van der Waals surface area contributed by atoms with E-state index in [-0.39, 0.29) is 0 Å². The molecule has 104 valence electrons. The molecule has 1 aromatic carbocycles. The van der Waals surface area contributed by atoms with Crippen LogP contribution in [0.5, 0.6) is 0 Å². The Labute approximate surface area is 121 Å². The first-order valence-corrected chi connectivity index (χ1v) is 8.39. The zero-order valence-corrected chi connectivity index (χ0v) is 13.1. The quantitative estimate of drug-likeness (QED) is 0.715. The molecule has 19 heavy (non-hydrogen) atoms. The van der Waals surface area contributed by atoms with E-state index in [0.717, 1.165) is 12.5 Å². The molecule has 1 N–H and O–H groups in total. The van der Waals surface area contributed by atoms with E-state index < -0.39 is 0 Å². The predicted molar refractivity (Wildman–Crippen MR) is 86.9 cm³/mol. The van der Waals surface area contributed by atoms with Gasteiger partial charge in [0.15, 0.2) is 0 Å². The summed E-state index contributed by atoms with van der Waals surface area (Å²) in [5.41, 5.74) is 1.50. The van der Waals surface area contributed by atoms with Crippen LogP contribution in [-0.2, 0) is 0 Å². The van der Waals surface area contributed by atoms with E-state index in [4.69, 9.17) is 0 Å². The Morgan fingerprint density at radius 3 is 2.58 bits per heavy atom. The summed E-state index contributed by atoms with van der Waals surface area (Å²) >= 11 is 1.87. The summed E-state index contributed by atoms with van der Waals surface area (Å²) in [5, 5.41) is 7.37. The van der Waals surface area contributed by atoms with Crippen molar-refractivity contribution in [3.8, 4) is 0 Å². The molecule has 0 aliphatic carbocycles. The van der Waals surface area contributed by atoms with Gasteiger partial charge in [-0.3, -0.25) is 0 Å². The number of benzene rings is 1. The minimum Gasteiger partial charge on any atom is -0.310 e. The number of rotatable bonds is 7. The van der Waals surface area contributed by atoms with Gasteiger partial charge in [-0.05, 0) is 41.3 Å². The molecular weight excluding hydrogens is 250 g/mol. The summed E-state index contributed by atoms with van der Waals surface area (Å²) in [6.07, 6.45) is 3.66. The van der Waals surface area contributed by atoms with Crippen molar-refractivity contribution in [3.05, 3.63) is 35.2 Å². The maximum absolute atomic E-state index is 3.78. The number of nitrogens with one attached hydrogen (secondary N) is 1. The zero-order valence-electron chi connectivity index (χ0n) is 12.3. The molecule has 0 aliphatic heterocycles. The van der Waals surface area contributed by atoms with E-state index >= 15 is 0 Å². The second kappa shape index (κ2) is 7.06. The molecule has 0 amide bonds. The molecule has 1 unspecified atom stereocenters. The molecule has 0 fully saturated rings. The second-order valence-electron chi connectivity index (χ2n) is 5.19. The summed E-state index contributed by atoms with van der Waals surface area (Å²) < 4.78 is 1.46. The molecule has 0 saturated heterocycles. The first-order valence-electron chi connectivity index (χ1n) is 7.51. The van der Waals surface area contributed by atoms with Crippen LogP contribution in [0.15, 0.2) is 29.6 Å². The zero-order chi connectivity index (χ0) is 13.7. The van der Waals surface area contributed by atoms with Crippen LogP contribution in [0.1, 0.15) is 51.6 Å². The van der Waals surface area contributed by atoms with Crippen molar-refractivity contribution in [2.45, 2.75) is 46.1 Å². The average Bonchev–Trinajstić information content (AvgIpc) is 2.92. The molecule has 0 aliphatic rings. The SMILES string of the molecule is CCCNC(c1cccc2ccsc12)C(CC)CC. The molecule has 1 heterocycles. The molecule has 0 spiro atoms. The normalized spacial score (nSPS) is 13.3. The van der Waals surface area contributed by atoms with Gasteiger partial charge in [0.2, 0.25) is 0 Å². The van der Waals surface area contributed by atoms with Crippen molar-refractivity contribution in [1.29, 1.82) is 0 Å². The summed E-state index contributed by atoms with van der Waals surface area (Å²) in [5.74, 6) is 0.722. The van der Waals surface area contributed by atoms with Gasteiger partial charge in [-0.2, -0.15) is 0 Å². The highest BCUT2D eigenvalue weighted by molar-refractivity contribution is 7.17. The van der Waals surface area contributed by atoms with Crippen LogP contribution in [0, 0.1) is 5.92 Å². The third-order valence-electron chi connectivity index (χ3n) is 3.98. The third kappa shape index (κ3) is 3.18. The third-order valence-corrected chi connectivity index (χ3v) is 4.96. The van der Waals surface area contributed by atoms with Crippen LogP contribution in [0.3, 0.4) is 0 Å². The molecule has 0 bridgehead atoms. The standard InChI is InChI=1S/C17H25NS/c1-4-11-18-16(13(5-2)6-3)15-9-7-8-14-10-12-19-17(14)15/h7-10,12-13,16,18H,4-6,11H2,1-3H3. The van der Waals surface area contributed by atoms with Crippen molar-refractivity contribution in [1.82, 2.24) is 5.32 Å². The van der Waals surface area contributed by atoms with Crippen LogP contribution in [-0.4, -0.2) is 6.54 Å². The minimum absolute atomic E-state index is 0.498. The molecule has 2 heteroatoms. The number of thiophene rings is 1. The smallest absolute Gasteiger partial charge is 0.0390 e. The van der Waals surface area contributed by atoms with Crippen LogP contribution in [0.25, 0.3) is 10.1 Å². The van der Waals surface area contributed by atoms with E-state index in [2.05, 4.69) is 55.7 Å². The fourth-order valence-electron chi connectivity index (χ4n) is 2.85. The van der Waals surface area contributed by atoms with Crippen LogP contribution in [0.4, 0.5) is 0 Å². The van der Waals surface area contributed by atoms with Crippen LogP contribution < -0.4 is 5.32 Å². The average molecular weight is 275 g/mol. The van der Waals surface area contributed by atoms with Gasteiger partial charge in [-0.25, -0.2) is 0 Å². The molecule has 1 atom stereocenters. The lowest BCUT2D eigenvalue weighted by molar-refractivity contribution is 0.343. The monoisotopic (exact) mass is 275 g/mol. The lowest BCUT2D eigenvalue weighted by Crippen LogP contribution is -2.28. The van der Waals surface area contributed by atoms with Crippen LogP contribution in [0.2, 0.25) is 0 Å². The Bertz CT molecular complexity index is 499. The van der Waals surface area contributed by atoms with Crippen molar-refractivity contribution >= 4 is 21.4 Å². The summed E-state index contributed by atoms with van der Waals surface area (Å²) in [7, 11) is 0. The highest BCUT2D eigenvalue weighted by Gasteiger charge is 2.21. The molecular formula is C17H25NS. The molecule has 0 radical (unpaired) electrons. The highest BCUT2D eigenvalue weighted by Crippen LogP contribution is 2.34. The van der Waals surface area contributed by atoms with E-state index in [1.165, 1.54) is 34.9 Å². The van der Waals surface area contributed by atoms with E-state index in [9.17, 15) is 0 Å². The minimum atomic E-state index is 0.498. The molecule has 1 nitrogen and oxygen atoms in total. The molecule has 2 aromatic rings. The summed E-state index contributed by atoms with van der Waals surface area (Å²) in [6.45, 7) is 7.96. The van der Waals surface area contributed by atoms with E-state index in [0.29, 0.717) is 6.04 Å². The summed E-state index contributed by atoms with van der Waals surface area (Å²) in [4.78, 5) is 0. The van der Waals surface area contributed by atoms with Crippen molar-refractivity contribution in [3.63, 3.8) is 0 Å². The lowest BCUT2D eigenvalue weighted by atomic mass is 9.88. The topological polar surface area (TPSA) is 12.0 Å². The Balaban J connectivity index is 2.38. The maximum atomic E-state index is 3.78. The fraction of sp³-hybridized carbons (Fsp3) is 0.529. The number of fused-ring (bicyclic) bond motifs is 1. The van der Waals surface area contributed by atoms with Crippen molar-refractivity contribution in [2.75, 3.05) is 6.54 Å². The highest BCUT2D eigenvalue weighted by atomic mass is 32.1. The first kappa shape index (κ1) is 14.5. The van der Waals surface area contributed by atoms with E-state index in [1.54, 1.807) is 0 Å². The Kier molecular flexibility index (Phi) is 5.41. The second-order valence-corrected chi connectivity index (χ2v) is 6.11. The van der Waals surface area contributed by atoms with Gasteiger partial charge in [-0.1, -0.05) is 51.8 Å². The molecule has 2 rings (SSSR count). The van der Waals surface area contributed by atoms with Gasteiger partial charge in [-0.15, -0.1) is 11.3 Å². The number of hydrogen-bond donors (Lipinski definition) is 1. The van der Waals surface area contributed by atoms with E-state index in [1.807, 2.05) is 11.3 Å². The molecule has 1 aromatic heterocycles. The van der Waals surface area contributed by atoms with Crippen molar-refractivity contribution in [2.24, 2.45) is 5.92 Å². The Morgan fingerprint density at radius 1 is 1.11 bits per heavy atom. The van der Waals surface area contributed by atoms with Gasteiger partial charge in [0.1, 0.15) is 0 Å². The van der Waals surface area contributed by atoms with Crippen LogP contribution >= 0.6 is 11.3 Å². The van der Waals surface area contributed by atoms with Gasteiger partial charge >= 0.3 is 0 Å². The van der Waals surface area contributed by atoms with Gasteiger partial charge in [0.25, 0.3) is 0 Å². The fourth-order valence-corrected chi connectivity index (χ4v) is 3.81. The maximum Gasteiger partial charge on any atom is 0.0390 e. The largest absolute Gasteiger partial charge is 0.310 e. The Hall–Kier alpha value is -0.860. The predicted octanol–water partition coefficient (Wildman–Crippen LogP) is 5.38. The number of hydrogen-bond acceptors (Lipinski definition) is 2. The first-order chi connectivity index (χ1) is 9.31. The van der Waals surface area contributed by atoms with Gasteiger partial charge < -0.3 is 5.32 Å². The Morgan fingerprint density at radius 2 is 1.89 bits per heavy atom. The van der Waals surface area contributed by atoms with Gasteiger partial charge in [0.05, 0.1) is 0 Å². The van der Waals surface area contributed by atoms with Gasteiger partial charge in [0, 0.05) is 10.7 Å². The molecule has 0 saturated carbocycles. The summed E-state index contributed by atoms with van der Waals surface area (Å²) in [6, 6.07) is 9.46.